The second-order valence-electron chi connectivity index (χ2n) is 5.74. The summed E-state index contributed by atoms with van der Waals surface area (Å²) in [5, 5.41) is 24.4. The molecule has 2 aromatic rings. The number of non-ortho nitro benzene ring substituents is 1. The van der Waals surface area contributed by atoms with Crippen molar-refractivity contribution in [3.05, 3.63) is 58.1 Å². The van der Waals surface area contributed by atoms with Crippen LogP contribution in [0.2, 0.25) is 0 Å². The number of likely N-dealkylation sites (N-methyl/N-ethyl adjacent to an activating group) is 3. The zero-order valence-corrected chi connectivity index (χ0v) is 13.9. The molecule has 0 aliphatic carbocycles. The minimum Gasteiger partial charge on any atom is -0.366 e. The van der Waals surface area contributed by atoms with Crippen LogP contribution in [0.1, 0.15) is 5.56 Å². The molecule has 0 spiro atoms. The van der Waals surface area contributed by atoms with Crippen LogP contribution < -0.4 is 21.3 Å². The summed E-state index contributed by atoms with van der Waals surface area (Å²) >= 11 is 0. The minimum absolute atomic E-state index is 0.0251. The average Bonchev–Trinajstić information content (AvgIpc) is 2.94. The fourth-order valence-corrected chi connectivity index (χ4v) is 3.37. The maximum absolute atomic E-state index is 11.0. The number of nitrogens with one attached hydrogen (secondary N) is 4. The highest BCUT2D eigenvalue weighted by atomic mass is 16.6. The van der Waals surface area contributed by atoms with Crippen LogP contribution in [0.25, 0.3) is 11.1 Å². The summed E-state index contributed by atoms with van der Waals surface area (Å²) in [4.78, 5) is 10.6. The van der Waals surface area contributed by atoms with Crippen molar-refractivity contribution in [2.75, 3.05) is 26.5 Å². The molecule has 0 bridgehead atoms. The Labute approximate surface area is 140 Å². The van der Waals surface area contributed by atoms with Crippen LogP contribution in [-0.2, 0) is 5.66 Å². The van der Waals surface area contributed by atoms with Gasteiger partial charge in [0.1, 0.15) is 11.8 Å². The predicted octanol–water partition coefficient (Wildman–Crippen LogP) is 1.82. The van der Waals surface area contributed by atoms with E-state index in [2.05, 4.69) is 27.3 Å². The first-order valence-electron chi connectivity index (χ1n) is 7.76. The fraction of sp³-hybridized carbons (Fsp3) is 0.294. The standard InChI is InChI=1S/C17H21N5O2/c1-18-16-17(19-2,20-3)14-10-12(7-8-15(14)21-16)11-5-4-6-13(9-11)22(23)24/h4-10,16,18-21H,1-3H3. The quantitative estimate of drug-likeness (QED) is 0.380. The van der Waals surface area contributed by atoms with Crippen molar-refractivity contribution < 1.29 is 4.92 Å². The Morgan fingerprint density at radius 1 is 1.08 bits per heavy atom. The normalized spacial score (nSPS) is 18.0. The Hall–Kier alpha value is -2.48. The van der Waals surface area contributed by atoms with Gasteiger partial charge in [-0.05, 0) is 44.4 Å². The Bertz CT molecular complexity index is 773. The molecule has 4 N–H and O–H groups in total. The number of fused-ring (bicyclic) bond motifs is 1. The van der Waals surface area contributed by atoms with Gasteiger partial charge in [-0.25, -0.2) is 0 Å². The van der Waals surface area contributed by atoms with Crippen molar-refractivity contribution in [3.8, 4) is 11.1 Å². The zero-order valence-electron chi connectivity index (χ0n) is 13.9. The molecule has 1 unspecified atom stereocenters. The third-order valence-electron chi connectivity index (χ3n) is 4.64. The third-order valence-corrected chi connectivity index (χ3v) is 4.64. The van der Waals surface area contributed by atoms with Gasteiger partial charge in [-0.15, -0.1) is 0 Å². The Balaban J connectivity index is 2.10. The van der Waals surface area contributed by atoms with Gasteiger partial charge in [0.15, 0.2) is 0 Å². The molecule has 2 aromatic carbocycles. The summed E-state index contributed by atoms with van der Waals surface area (Å²) in [5.41, 5.74) is 3.46. The fourth-order valence-electron chi connectivity index (χ4n) is 3.37. The lowest BCUT2D eigenvalue weighted by atomic mass is 9.94. The van der Waals surface area contributed by atoms with E-state index in [0.717, 1.165) is 22.4 Å². The summed E-state index contributed by atoms with van der Waals surface area (Å²) < 4.78 is 0. The Morgan fingerprint density at radius 2 is 1.79 bits per heavy atom. The molecule has 0 fully saturated rings. The topological polar surface area (TPSA) is 91.3 Å². The highest BCUT2D eigenvalue weighted by molar-refractivity contribution is 5.73. The highest BCUT2D eigenvalue weighted by Gasteiger charge is 2.44. The third kappa shape index (κ3) is 2.43. The van der Waals surface area contributed by atoms with E-state index in [1.165, 1.54) is 6.07 Å². The van der Waals surface area contributed by atoms with Gasteiger partial charge >= 0.3 is 0 Å². The molecule has 3 rings (SSSR count). The molecule has 1 atom stereocenters. The lowest BCUT2D eigenvalue weighted by molar-refractivity contribution is -0.384. The number of nitrogens with zero attached hydrogens (tertiary/aromatic N) is 1. The number of rotatable bonds is 5. The second-order valence-corrected chi connectivity index (χ2v) is 5.74. The van der Waals surface area contributed by atoms with Crippen molar-refractivity contribution in [1.29, 1.82) is 0 Å². The van der Waals surface area contributed by atoms with Crippen molar-refractivity contribution in [2.45, 2.75) is 11.8 Å². The Morgan fingerprint density at radius 3 is 2.42 bits per heavy atom. The van der Waals surface area contributed by atoms with Crippen molar-refractivity contribution in [3.63, 3.8) is 0 Å². The molecule has 126 valence electrons. The molecular weight excluding hydrogens is 306 g/mol. The van der Waals surface area contributed by atoms with Crippen LogP contribution in [0, 0.1) is 10.1 Å². The van der Waals surface area contributed by atoms with Gasteiger partial charge in [0.2, 0.25) is 0 Å². The average molecular weight is 327 g/mol. The number of nitro benzene ring substituents is 1. The molecular formula is C17H21N5O2. The van der Waals surface area contributed by atoms with Crippen molar-refractivity contribution in [2.24, 2.45) is 0 Å². The first-order valence-corrected chi connectivity index (χ1v) is 7.76. The summed E-state index contributed by atoms with van der Waals surface area (Å²) in [7, 11) is 5.70. The van der Waals surface area contributed by atoms with Crippen LogP contribution in [0.15, 0.2) is 42.5 Å². The van der Waals surface area contributed by atoms with Gasteiger partial charge < -0.3 is 5.32 Å². The van der Waals surface area contributed by atoms with Gasteiger partial charge in [-0.3, -0.25) is 26.1 Å². The molecule has 0 saturated carbocycles. The van der Waals surface area contributed by atoms with Gasteiger partial charge in [-0.1, -0.05) is 18.2 Å². The summed E-state index contributed by atoms with van der Waals surface area (Å²) in [5.74, 6) is 0. The highest BCUT2D eigenvalue weighted by Crippen LogP contribution is 2.39. The monoisotopic (exact) mass is 327 g/mol. The molecule has 1 heterocycles. The van der Waals surface area contributed by atoms with Gasteiger partial charge in [0.25, 0.3) is 5.69 Å². The lowest BCUT2D eigenvalue weighted by Crippen LogP contribution is -2.62. The van der Waals surface area contributed by atoms with E-state index >= 15 is 0 Å². The molecule has 1 aliphatic heterocycles. The van der Waals surface area contributed by atoms with E-state index in [1.807, 2.05) is 39.3 Å². The summed E-state index contributed by atoms with van der Waals surface area (Å²) in [6.45, 7) is 0. The van der Waals surface area contributed by atoms with E-state index in [4.69, 9.17) is 0 Å². The number of benzene rings is 2. The molecule has 7 nitrogen and oxygen atoms in total. The van der Waals surface area contributed by atoms with Crippen LogP contribution in [0.4, 0.5) is 11.4 Å². The summed E-state index contributed by atoms with van der Waals surface area (Å²) in [6.07, 6.45) is -0.0251. The predicted molar refractivity (Wildman–Crippen MR) is 94.8 cm³/mol. The second kappa shape index (κ2) is 6.20. The van der Waals surface area contributed by atoms with Gasteiger partial charge in [0, 0.05) is 23.4 Å². The van der Waals surface area contributed by atoms with E-state index in [-0.39, 0.29) is 16.8 Å². The van der Waals surface area contributed by atoms with E-state index in [1.54, 1.807) is 12.1 Å². The number of hydrogen-bond acceptors (Lipinski definition) is 6. The SMILES string of the molecule is CNC1Nc2ccc(-c3cccc([N+](=O)[O-])c3)cc2C1(NC)NC. The first-order chi connectivity index (χ1) is 11.6. The Kier molecular flexibility index (Phi) is 4.23. The van der Waals surface area contributed by atoms with Crippen molar-refractivity contribution >= 4 is 11.4 Å². The van der Waals surface area contributed by atoms with E-state index in [0.29, 0.717) is 0 Å². The molecule has 0 aromatic heterocycles. The number of anilines is 1. The van der Waals surface area contributed by atoms with E-state index in [9.17, 15) is 10.1 Å². The molecule has 0 radical (unpaired) electrons. The molecule has 24 heavy (non-hydrogen) atoms. The molecule has 7 heteroatoms. The molecule has 1 aliphatic rings. The maximum atomic E-state index is 11.0. The summed E-state index contributed by atoms with van der Waals surface area (Å²) in [6, 6.07) is 12.7. The maximum Gasteiger partial charge on any atom is 0.270 e. The van der Waals surface area contributed by atoms with Gasteiger partial charge in [0.05, 0.1) is 4.92 Å². The molecule has 0 saturated heterocycles. The smallest absolute Gasteiger partial charge is 0.270 e. The number of hydrogen-bond donors (Lipinski definition) is 4. The first kappa shape index (κ1) is 16.4. The lowest BCUT2D eigenvalue weighted by Gasteiger charge is -2.35. The van der Waals surface area contributed by atoms with Gasteiger partial charge in [-0.2, -0.15) is 0 Å². The van der Waals surface area contributed by atoms with Crippen LogP contribution in [0.3, 0.4) is 0 Å². The van der Waals surface area contributed by atoms with E-state index < -0.39 is 5.66 Å². The zero-order chi connectivity index (χ0) is 17.3. The number of nitro groups is 1. The van der Waals surface area contributed by atoms with Crippen LogP contribution in [0.5, 0.6) is 0 Å². The van der Waals surface area contributed by atoms with Crippen LogP contribution in [-0.4, -0.2) is 32.2 Å². The minimum atomic E-state index is -0.471. The van der Waals surface area contributed by atoms with Crippen molar-refractivity contribution in [1.82, 2.24) is 16.0 Å². The largest absolute Gasteiger partial charge is 0.366 e. The molecule has 0 amide bonds. The van der Waals surface area contributed by atoms with Crippen LogP contribution >= 0.6 is 0 Å².